The Morgan fingerprint density at radius 3 is 2.33 bits per heavy atom. The van der Waals surface area contributed by atoms with Gasteiger partial charge in [0.15, 0.2) is 0 Å². The van der Waals surface area contributed by atoms with Crippen molar-refractivity contribution in [1.29, 1.82) is 0 Å². The van der Waals surface area contributed by atoms with E-state index >= 15 is 0 Å². The van der Waals surface area contributed by atoms with Crippen molar-refractivity contribution in [2.24, 2.45) is 5.92 Å². The molecule has 0 radical (unpaired) electrons. The average Bonchev–Trinajstić information content (AvgIpc) is 3.08. The minimum Gasteiger partial charge on any atom is -0.367 e. The number of benzene rings is 2. The number of nitrogens with one attached hydrogen (secondary N) is 1. The first kappa shape index (κ1) is 22.8. The lowest BCUT2D eigenvalue weighted by atomic mass is 9.99. The van der Waals surface area contributed by atoms with Crippen LogP contribution in [0.2, 0.25) is 0 Å². The summed E-state index contributed by atoms with van der Waals surface area (Å²) in [6.07, 6.45) is 3.47. The van der Waals surface area contributed by atoms with Gasteiger partial charge in [0.25, 0.3) is 17.7 Å². The Morgan fingerprint density at radius 1 is 1.03 bits per heavy atom. The van der Waals surface area contributed by atoms with E-state index in [-0.39, 0.29) is 23.8 Å². The molecule has 1 saturated heterocycles. The fraction of sp³-hybridized carbons (Fsp3) is 0.370. The van der Waals surface area contributed by atoms with Gasteiger partial charge in [0.2, 0.25) is 0 Å². The van der Waals surface area contributed by atoms with Crippen LogP contribution in [0.25, 0.3) is 0 Å². The maximum atomic E-state index is 13.0. The van der Waals surface area contributed by atoms with E-state index in [1.807, 2.05) is 37.8 Å². The molecule has 1 atom stereocenters. The summed E-state index contributed by atoms with van der Waals surface area (Å²) in [4.78, 5) is 41.6. The normalized spacial score (nSPS) is 17.9. The Balaban J connectivity index is 1.43. The second-order valence-electron chi connectivity index (χ2n) is 9.28. The quantitative estimate of drug-likeness (QED) is 0.698. The molecule has 6 nitrogen and oxygen atoms in total. The Kier molecular flexibility index (Phi) is 6.36. The molecular formula is C27H31N3O3. The molecule has 1 unspecified atom stereocenters. The third kappa shape index (κ3) is 4.70. The van der Waals surface area contributed by atoms with E-state index in [1.54, 1.807) is 24.3 Å². The fourth-order valence-electron chi connectivity index (χ4n) is 4.61. The minimum atomic E-state index is -0.339. The number of anilines is 1. The molecule has 4 rings (SSSR count). The van der Waals surface area contributed by atoms with Gasteiger partial charge in [-0.05, 0) is 74.9 Å². The van der Waals surface area contributed by atoms with Gasteiger partial charge in [-0.25, -0.2) is 4.90 Å². The highest BCUT2D eigenvalue weighted by Crippen LogP contribution is 2.28. The number of likely N-dealkylation sites (tertiary alicyclic amines) is 1. The fourth-order valence-corrected chi connectivity index (χ4v) is 4.61. The summed E-state index contributed by atoms with van der Waals surface area (Å²) < 4.78 is 0. The number of carbonyl (C=O) groups excluding carboxylic acids is 3. The number of rotatable bonds is 5. The first-order valence-corrected chi connectivity index (χ1v) is 11.6. The van der Waals surface area contributed by atoms with Gasteiger partial charge in [0, 0.05) is 24.7 Å². The zero-order valence-electron chi connectivity index (χ0n) is 19.7. The average molecular weight is 446 g/mol. The summed E-state index contributed by atoms with van der Waals surface area (Å²) in [5.74, 6) is -0.194. The molecule has 0 aromatic heterocycles. The number of hydrogen-bond acceptors (Lipinski definition) is 4. The largest absolute Gasteiger partial charge is 0.367 e. The van der Waals surface area contributed by atoms with Crippen LogP contribution in [0.5, 0.6) is 0 Å². The predicted molar refractivity (Wildman–Crippen MR) is 129 cm³/mol. The van der Waals surface area contributed by atoms with Crippen molar-refractivity contribution < 1.29 is 14.4 Å². The van der Waals surface area contributed by atoms with Gasteiger partial charge in [-0.15, -0.1) is 0 Å². The van der Waals surface area contributed by atoms with Gasteiger partial charge in [-0.3, -0.25) is 14.4 Å². The third-order valence-corrected chi connectivity index (χ3v) is 6.65. The second-order valence-corrected chi connectivity index (χ2v) is 9.28. The molecule has 172 valence electrons. The summed E-state index contributed by atoms with van der Waals surface area (Å²) in [6, 6.07) is 12.7. The van der Waals surface area contributed by atoms with Crippen LogP contribution in [0.4, 0.5) is 5.69 Å². The maximum absolute atomic E-state index is 13.0. The van der Waals surface area contributed by atoms with Crippen molar-refractivity contribution in [3.05, 3.63) is 76.5 Å². The maximum Gasteiger partial charge on any atom is 0.281 e. The number of carbonyl (C=O) groups is 3. The molecular weight excluding hydrogens is 414 g/mol. The Labute approximate surface area is 195 Å². The first-order valence-electron chi connectivity index (χ1n) is 11.6. The van der Waals surface area contributed by atoms with Crippen LogP contribution in [-0.2, 0) is 9.59 Å². The Morgan fingerprint density at radius 2 is 1.70 bits per heavy atom. The Bertz CT molecular complexity index is 1110. The van der Waals surface area contributed by atoms with Crippen molar-refractivity contribution in [3.8, 4) is 0 Å². The lowest BCUT2D eigenvalue weighted by molar-refractivity contribution is -0.121. The van der Waals surface area contributed by atoms with E-state index in [0.717, 1.165) is 37.1 Å². The van der Waals surface area contributed by atoms with Gasteiger partial charge in [0.05, 0.1) is 11.7 Å². The van der Waals surface area contributed by atoms with E-state index in [4.69, 9.17) is 0 Å². The Hall–Kier alpha value is -3.41. The van der Waals surface area contributed by atoms with Gasteiger partial charge in [0.1, 0.15) is 5.70 Å². The summed E-state index contributed by atoms with van der Waals surface area (Å²) >= 11 is 0. The molecule has 0 saturated carbocycles. The number of nitrogens with zero attached hydrogens (tertiary/aromatic N) is 2. The van der Waals surface area contributed by atoms with Crippen LogP contribution in [0, 0.1) is 19.8 Å². The van der Waals surface area contributed by atoms with Crippen LogP contribution in [0.15, 0.2) is 54.2 Å². The standard InChI is InChI=1S/C27H31N3O3/c1-17-11-13-29(14-12-17)24-16-25(31)30(27(24)33)22-8-6-21(7-9-22)26(32)28-20(4)23-10-5-18(2)15-19(23)3/h5-10,15-17,20H,11-14H2,1-4H3,(H,28,32). The van der Waals surface area contributed by atoms with Gasteiger partial charge < -0.3 is 10.2 Å². The van der Waals surface area contributed by atoms with E-state index in [9.17, 15) is 14.4 Å². The number of hydrogen-bond donors (Lipinski definition) is 1. The number of piperidine rings is 1. The topological polar surface area (TPSA) is 69.7 Å². The van der Waals surface area contributed by atoms with Crippen molar-refractivity contribution in [1.82, 2.24) is 10.2 Å². The van der Waals surface area contributed by atoms with Crippen LogP contribution in [-0.4, -0.2) is 35.7 Å². The highest BCUT2D eigenvalue weighted by atomic mass is 16.2. The molecule has 0 bridgehead atoms. The van der Waals surface area contributed by atoms with Crippen LogP contribution in [0.1, 0.15) is 59.8 Å². The highest BCUT2D eigenvalue weighted by Gasteiger charge is 2.36. The van der Waals surface area contributed by atoms with E-state index in [2.05, 4.69) is 18.3 Å². The molecule has 2 aromatic rings. The monoisotopic (exact) mass is 445 g/mol. The third-order valence-electron chi connectivity index (χ3n) is 6.65. The molecule has 2 aliphatic rings. The van der Waals surface area contributed by atoms with Crippen molar-refractivity contribution in [3.63, 3.8) is 0 Å². The number of imide groups is 1. The molecule has 1 fully saturated rings. The van der Waals surface area contributed by atoms with Crippen LogP contribution < -0.4 is 10.2 Å². The zero-order chi connectivity index (χ0) is 23.7. The molecule has 0 aliphatic carbocycles. The predicted octanol–water partition coefficient (Wildman–Crippen LogP) is 4.28. The van der Waals surface area contributed by atoms with Gasteiger partial charge >= 0.3 is 0 Å². The summed E-state index contributed by atoms with van der Waals surface area (Å²) in [5, 5.41) is 3.03. The van der Waals surface area contributed by atoms with E-state index in [0.29, 0.717) is 22.9 Å². The number of amides is 3. The lowest BCUT2D eigenvalue weighted by Gasteiger charge is -2.32. The smallest absolute Gasteiger partial charge is 0.281 e. The van der Waals surface area contributed by atoms with Crippen LogP contribution >= 0.6 is 0 Å². The number of aryl methyl sites for hydroxylation is 2. The first-order chi connectivity index (χ1) is 15.7. The second kappa shape index (κ2) is 9.22. The van der Waals surface area contributed by atoms with Gasteiger partial charge in [-0.1, -0.05) is 30.7 Å². The van der Waals surface area contributed by atoms with E-state index in [1.165, 1.54) is 16.5 Å². The van der Waals surface area contributed by atoms with Crippen molar-refractivity contribution >= 4 is 23.4 Å². The molecule has 2 heterocycles. The minimum absolute atomic E-state index is 0.140. The molecule has 33 heavy (non-hydrogen) atoms. The summed E-state index contributed by atoms with van der Waals surface area (Å²) in [7, 11) is 0. The lowest BCUT2D eigenvalue weighted by Crippen LogP contribution is -2.38. The molecule has 0 spiro atoms. The molecule has 2 aromatic carbocycles. The summed E-state index contributed by atoms with van der Waals surface area (Å²) in [5.41, 5.74) is 4.81. The van der Waals surface area contributed by atoms with Crippen molar-refractivity contribution in [2.45, 2.75) is 46.6 Å². The zero-order valence-corrected chi connectivity index (χ0v) is 19.7. The molecule has 1 N–H and O–H groups in total. The summed E-state index contributed by atoms with van der Waals surface area (Å²) in [6.45, 7) is 9.83. The molecule has 6 heteroatoms. The van der Waals surface area contributed by atoms with Crippen LogP contribution in [0.3, 0.4) is 0 Å². The highest BCUT2D eigenvalue weighted by molar-refractivity contribution is 6.30. The molecule has 3 amide bonds. The van der Waals surface area contributed by atoms with Gasteiger partial charge in [-0.2, -0.15) is 0 Å². The SMILES string of the molecule is Cc1ccc(C(C)NC(=O)c2ccc(N3C(=O)C=C(N4CCC(C)CC4)C3=O)cc2)c(C)c1. The van der Waals surface area contributed by atoms with E-state index < -0.39 is 0 Å². The molecule has 2 aliphatic heterocycles. The van der Waals surface area contributed by atoms with Crippen molar-refractivity contribution in [2.75, 3.05) is 18.0 Å².